The molecule has 0 aromatic heterocycles. The van der Waals surface area contributed by atoms with E-state index in [1.807, 2.05) is 0 Å². The number of benzene rings is 1. The van der Waals surface area contributed by atoms with Gasteiger partial charge in [-0.15, -0.1) is 0 Å². The van der Waals surface area contributed by atoms with E-state index in [1.165, 1.54) is 12.8 Å². The summed E-state index contributed by atoms with van der Waals surface area (Å²) in [5.41, 5.74) is 0.165. The second-order valence-electron chi connectivity index (χ2n) is 7.27. The molecule has 0 radical (unpaired) electrons. The summed E-state index contributed by atoms with van der Waals surface area (Å²) in [5, 5.41) is 9.36. The van der Waals surface area contributed by atoms with Crippen LogP contribution in [-0.4, -0.2) is 22.5 Å². The molecule has 3 nitrogen and oxygen atoms in total. The first-order valence-electron chi connectivity index (χ1n) is 8.37. The van der Waals surface area contributed by atoms with Gasteiger partial charge in [-0.05, 0) is 55.1 Å². The van der Waals surface area contributed by atoms with Crippen molar-refractivity contribution in [3.8, 4) is 5.75 Å². The molecule has 126 valence electrons. The summed E-state index contributed by atoms with van der Waals surface area (Å²) < 4.78 is 27.4. The van der Waals surface area contributed by atoms with Crippen LogP contribution in [-0.2, 0) is 6.54 Å². The van der Waals surface area contributed by atoms with Crippen molar-refractivity contribution in [3.05, 3.63) is 28.8 Å². The molecule has 1 aliphatic carbocycles. The standard InChI is InChI=1S/C18H23F2NO2/c1-10(2)12-5-3-11(4-6-12)8-21-9-13-7-14(19)17(22)16(20)15(13)18(21)23/h7,10-12,22H,3-6,8-9H2,1-2H3. The number of phenols is 1. The molecule has 23 heavy (non-hydrogen) atoms. The average Bonchev–Trinajstić information content (AvgIpc) is 2.81. The van der Waals surface area contributed by atoms with E-state index >= 15 is 0 Å². The van der Waals surface area contributed by atoms with Crippen LogP contribution >= 0.6 is 0 Å². The van der Waals surface area contributed by atoms with Gasteiger partial charge in [-0.1, -0.05) is 13.8 Å². The summed E-state index contributed by atoms with van der Waals surface area (Å²) in [6.45, 7) is 5.30. The van der Waals surface area contributed by atoms with E-state index in [1.54, 1.807) is 4.90 Å². The summed E-state index contributed by atoms with van der Waals surface area (Å²) in [6, 6.07) is 1.07. The van der Waals surface area contributed by atoms with E-state index in [0.717, 1.165) is 24.8 Å². The fraction of sp³-hybridized carbons (Fsp3) is 0.611. The van der Waals surface area contributed by atoms with Crippen LogP contribution in [0.3, 0.4) is 0 Å². The highest BCUT2D eigenvalue weighted by Crippen LogP contribution is 2.36. The van der Waals surface area contributed by atoms with Gasteiger partial charge in [0.25, 0.3) is 5.91 Å². The van der Waals surface area contributed by atoms with E-state index in [-0.39, 0.29) is 12.1 Å². The summed E-state index contributed by atoms with van der Waals surface area (Å²) in [5.74, 6) is -1.76. The Morgan fingerprint density at radius 1 is 1.26 bits per heavy atom. The van der Waals surface area contributed by atoms with Crippen molar-refractivity contribution < 1.29 is 18.7 Å². The van der Waals surface area contributed by atoms with E-state index < -0.39 is 23.3 Å². The van der Waals surface area contributed by atoms with Crippen LogP contribution in [0, 0.1) is 29.4 Å². The first-order chi connectivity index (χ1) is 10.9. The van der Waals surface area contributed by atoms with Crippen LogP contribution in [0.1, 0.15) is 55.5 Å². The summed E-state index contributed by atoms with van der Waals surface area (Å²) >= 11 is 0. The van der Waals surface area contributed by atoms with Crippen LogP contribution in [0.25, 0.3) is 0 Å². The van der Waals surface area contributed by atoms with Crippen LogP contribution in [0.2, 0.25) is 0 Å². The van der Waals surface area contributed by atoms with E-state index in [2.05, 4.69) is 13.8 Å². The van der Waals surface area contributed by atoms with Crippen LogP contribution < -0.4 is 0 Å². The predicted octanol–water partition coefficient (Wildman–Crippen LogP) is 4.09. The lowest BCUT2D eigenvalue weighted by molar-refractivity contribution is 0.0719. The van der Waals surface area contributed by atoms with E-state index in [4.69, 9.17) is 0 Å². The van der Waals surface area contributed by atoms with Crippen molar-refractivity contribution >= 4 is 5.91 Å². The third-order valence-corrected chi connectivity index (χ3v) is 5.45. The molecule has 1 aromatic rings. The number of fused-ring (bicyclic) bond motifs is 1. The normalized spacial score (nSPS) is 24.4. The second kappa shape index (κ2) is 6.10. The molecule has 5 heteroatoms. The SMILES string of the molecule is CC(C)C1CCC(CN2Cc3cc(F)c(O)c(F)c3C2=O)CC1. The van der Waals surface area contributed by atoms with Crippen LogP contribution in [0.5, 0.6) is 5.75 Å². The first-order valence-corrected chi connectivity index (χ1v) is 8.37. The fourth-order valence-electron chi connectivity index (χ4n) is 3.95. The zero-order valence-corrected chi connectivity index (χ0v) is 13.6. The van der Waals surface area contributed by atoms with Gasteiger partial charge in [0.15, 0.2) is 17.4 Å². The average molecular weight is 323 g/mol. The highest BCUT2D eigenvalue weighted by molar-refractivity contribution is 5.99. The lowest BCUT2D eigenvalue weighted by Crippen LogP contribution is -2.32. The molecule has 0 saturated heterocycles. The number of hydrogen-bond donors (Lipinski definition) is 1. The predicted molar refractivity (Wildman–Crippen MR) is 83.0 cm³/mol. The Balaban J connectivity index is 1.68. The van der Waals surface area contributed by atoms with Crippen LogP contribution in [0.4, 0.5) is 8.78 Å². The van der Waals surface area contributed by atoms with Gasteiger partial charge in [-0.2, -0.15) is 0 Å². The van der Waals surface area contributed by atoms with Gasteiger partial charge in [0.1, 0.15) is 0 Å². The van der Waals surface area contributed by atoms with Gasteiger partial charge in [0.2, 0.25) is 0 Å². The van der Waals surface area contributed by atoms with Crippen molar-refractivity contribution in [2.45, 2.75) is 46.1 Å². The molecule has 1 fully saturated rings. The second-order valence-corrected chi connectivity index (χ2v) is 7.27. The molecule has 3 rings (SSSR count). The summed E-state index contributed by atoms with van der Waals surface area (Å²) in [7, 11) is 0. The maximum absolute atomic E-state index is 14.0. The van der Waals surface area contributed by atoms with Crippen molar-refractivity contribution in [2.75, 3.05) is 6.54 Å². The Morgan fingerprint density at radius 3 is 2.52 bits per heavy atom. The van der Waals surface area contributed by atoms with E-state index in [9.17, 15) is 18.7 Å². The molecule has 1 saturated carbocycles. The van der Waals surface area contributed by atoms with Crippen LogP contribution in [0.15, 0.2) is 6.07 Å². The largest absolute Gasteiger partial charge is 0.503 e. The molecule has 0 unspecified atom stereocenters. The molecule has 0 spiro atoms. The minimum atomic E-state index is -1.13. The molecule has 1 aliphatic heterocycles. The number of amides is 1. The molecule has 1 N–H and O–H groups in total. The third kappa shape index (κ3) is 2.93. The zero-order valence-electron chi connectivity index (χ0n) is 13.6. The monoisotopic (exact) mass is 323 g/mol. The highest BCUT2D eigenvalue weighted by atomic mass is 19.1. The number of rotatable bonds is 3. The maximum atomic E-state index is 14.0. The molecule has 2 aliphatic rings. The van der Waals surface area contributed by atoms with Gasteiger partial charge in [-0.3, -0.25) is 4.79 Å². The molecule has 0 atom stereocenters. The van der Waals surface area contributed by atoms with Gasteiger partial charge in [-0.25, -0.2) is 8.78 Å². The molecule has 1 heterocycles. The summed E-state index contributed by atoms with van der Waals surface area (Å²) in [4.78, 5) is 14.0. The number of phenolic OH excluding ortho intramolecular Hbond substituents is 1. The first kappa shape index (κ1) is 16.2. The van der Waals surface area contributed by atoms with Crippen molar-refractivity contribution in [1.82, 2.24) is 4.90 Å². The number of hydrogen-bond acceptors (Lipinski definition) is 2. The quantitative estimate of drug-likeness (QED) is 0.910. The number of carbonyl (C=O) groups is 1. The van der Waals surface area contributed by atoms with Crippen molar-refractivity contribution in [2.24, 2.45) is 17.8 Å². The number of halogens is 2. The van der Waals surface area contributed by atoms with Gasteiger partial charge in [0, 0.05) is 13.1 Å². The third-order valence-electron chi connectivity index (χ3n) is 5.45. The lowest BCUT2D eigenvalue weighted by Gasteiger charge is -2.33. The minimum Gasteiger partial charge on any atom is -0.503 e. The Bertz CT molecular complexity index is 622. The van der Waals surface area contributed by atoms with Gasteiger partial charge < -0.3 is 10.0 Å². The zero-order chi connectivity index (χ0) is 16.7. The Hall–Kier alpha value is -1.65. The summed E-state index contributed by atoms with van der Waals surface area (Å²) in [6.07, 6.45) is 4.48. The highest BCUT2D eigenvalue weighted by Gasteiger charge is 2.35. The van der Waals surface area contributed by atoms with E-state index in [0.29, 0.717) is 23.9 Å². The van der Waals surface area contributed by atoms with Crippen molar-refractivity contribution in [3.63, 3.8) is 0 Å². The van der Waals surface area contributed by atoms with Gasteiger partial charge >= 0.3 is 0 Å². The fourth-order valence-corrected chi connectivity index (χ4v) is 3.95. The van der Waals surface area contributed by atoms with Crippen molar-refractivity contribution in [1.29, 1.82) is 0 Å². The Kier molecular flexibility index (Phi) is 4.30. The smallest absolute Gasteiger partial charge is 0.257 e. The topological polar surface area (TPSA) is 40.5 Å². The molecule has 0 bridgehead atoms. The number of nitrogens with zero attached hydrogens (tertiary/aromatic N) is 1. The van der Waals surface area contributed by atoms with Gasteiger partial charge in [0.05, 0.1) is 5.56 Å². The Morgan fingerprint density at radius 2 is 1.91 bits per heavy atom. The molecular weight excluding hydrogens is 300 g/mol. The molecule has 1 amide bonds. The lowest BCUT2D eigenvalue weighted by atomic mass is 9.77. The molecule has 1 aromatic carbocycles. The molecular formula is C18H23F2NO2. The number of carbonyl (C=O) groups excluding carboxylic acids is 1. The number of aromatic hydroxyl groups is 1. The Labute approximate surface area is 135 Å². The minimum absolute atomic E-state index is 0.167. The maximum Gasteiger partial charge on any atom is 0.257 e.